The normalized spacial score (nSPS) is 10.2. The second-order valence-electron chi connectivity index (χ2n) is 4.76. The van der Waals surface area contributed by atoms with Gasteiger partial charge in [-0.3, -0.25) is 4.79 Å². The van der Waals surface area contributed by atoms with E-state index < -0.39 is 0 Å². The Hall–Kier alpha value is -2.49. The highest BCUT2D eigenvalue weighted by atomic mass is 16.5. The molecule has 0 aliphatic rings. The molecule has 0 radical (unpaired) electrons. The van der Waals surface area contributed by atoms with Crippen molar-refractivity contribution in [1.29, 1.82) is 0 Å². The van der Waals surface area contributed by atoms with E-state index >= 15 is 0 Å². The Labute approximate surface area is 118 Å². The van der Waals surface area contributed by atoms with Crippen LogP contribution in [0.5, 0.6) is 11.5 Å². The van der Waals surface area contributed by atoms with Gasteiger partial charge in [0, 0.05) is 12.6 Å². The average Bonchev–Trinajstić information content (AvgIpc) is 2.39. The minimum Gasteiger partial charge on any atom is -0.455 e. The first kappa shape index (κ1) is 13.9. The van der Waals surface area contributed by atoms with Gasteiger partial charge in [-0.15, -0.1) is 0 Å². The molecule has 20 heavy (non-hydrogen) atoms. The Morgan fingerprint density at radius 1 is 1.10 bits per heavy atom. The predicted octanol–water partition coefficient (Wildman–Crippen LogP) is 3.04. The Morgan fingerprint density at radius 3 is 2.30 bits per heavy atom. The van der Waals surface area contributed by atoms with Crippen LogP contribution in [0.3, 0.4) is 0 Å². The summed E-state index contributed by atoms with van der Waals surface area (Å²) in [7, 11) is 1.58. The van der Waals surface area contributed by atoms with Crippen LogP contribution in [0.4, 0.5) is 5.69 Å². The summed E-state index contributed by atoms with van der Waals surface area (Å²) >= 11 is 0. The summed E-state index contributed by atoms with van der Waals surface area (Å²) in [5.74, 6) is 1.11. The highest BCUT2D eigenvalue weighted by Gasteiger charge is 2.08. The van der Waals surface area contributed by atoms with Crippen molar-refractivity contribution < 1.29 is 9.53 Å². The first-order chi connectivity index (χ1) is 9.49. The van der Waals surface area contributed by atoms with Crippen LogP contribution in [0.2, 0.25) is 0 Å². The summed E-state index contributed by atoms with van der Waals surface area (Å²) in [4.78, 5) is 11.5. The van der Waals surface area contributed by atoms with Crippen molar-refractivity contribution in [2.24, 2.45) is 0 Å². The topological polar surface area (TPSA) is 64.3 Å². The van der Waals surface area contributed by atoms with Crippen LogP contribution in [0.15, 0.2) is 36.4 Å². The zero-order chi connectivity index (χ0) is 14.7. The molecule has 0 bridgehead atoms. The summed E-state index contributed by atoms with van der Waals surface area (Å²) in [5.41, 5.74) is 9.13. The number of carbonyl (C=O) groups is 1. The lowest BCUT2D eigenvalue weighted by molar-refractivity contribution is 0.0963. The number of anilines is 1. The molecule has 0 spiro atoms. The van der Waals surface area contributed by atoms with Gasteiger partial charge in [-0.1, -0.05) is 6.07 Å². The number of hydrogen-bond acceptors (Lipinski definition) is 3. The van der Waals surface area contributed by atoms with Crippen LogP contribution in [0, 0.1) is 13.8 Å². The van der Waals surface area contributed by atoms with Crippen LogP contribution >= 0.6 is 0 Å². The van der Waals surface area contributed by atoms with Gasteiger partial charge in [0.2, 0.25) is 0 Å². The zero-order valence-electron chi connectivity index (χ0n) is 11.9. The zero-order valence-corrected chi connectivity index (χ0v) is 11.9. The molecule has 0 saturated heterocycles. The molecule has 0 fully saturated rings. The van der Waals surface area contributed by atoms with Crippen LogP contribution in [-0.2, 0) is 0 Å². The quantitative estimate of drug-likeness (QED) is 0.842. The van der Waals surface area contributed by atoms with E-state index in [0.717, 1.165) is 16.9 Å². The fraction of sp³-hybridized carbons (Fsp3) is 0.188. The van der Waals surface area contributed by atoms with E-state index in [2.05, 4.69) is 11.4 Å². The number of nitrogens with one attached hydrogen (secondary N) is 1. The average molecular weight is 270 g/mol. The summed E-state index contributed by atoms with van der Waals surface area (Å²) in [6, 6.07) is 11.0. The Balaban J connectivity index is 2.27. The first-order valence-corrected chi connectivity index (χ1v) is 6.37. The molecule has 2 aromatic carbocycles. The van der Waals surface area contributed by atoms with Crippen LogP contribution in [-0.4, -0.2) is 13.0 Å². The fourth-order valence-corrected chi connectivity index (χ4v) is 2.05. The number of nitrogens with two attached hydrogens (primary N) is 1. The number of aryl methyl sites for hydroxylation is 2. The number of nitrogen functional groups attached to an aromatic ring is 1. The van der Waals surface area contributed by atoms with Crippen molar-refractivity contribution in [1.82, 2.24) is 5.32 Å². The number of rotatable bonds is 3. The molecule has 0 aliphatic heterocycles. The summed E-state index contributed by atoms with van der Waals surface area (Å²) in [6.45, 7) is 4.02. The molecule has 0 aliphatic carbocycles. The van der Waals surface area contributed by atoms with Gasteiger partial charge in [-0.2, -0.15) is 0 Å². The first-order valence-electron chi connectivity index (χ1n) is 6.37. The summed E-state index contributed by atoms with van der Waals surface area (Å²) in [5, 5.41) is 2.56. The van der Waals surface area contributed by atoms with Gasteiger partial charge in [0.15, 0.2) is 0 Å². The molecule has 0 heterocycles. The van der Waals surface area contributed by atoms with E-state index in [1.165, 1.54) is 0 Å². The summed E-state index contributed by atoms with van der Waals surface area (Å²) < 4.78 is 5.78. The molecule has 2 aromatic rings. The van der Waals surface area contributed by atoms with Crippen molar-refractivity contribution in [3.8, 4) is 11.5 Å². The third kappa shape index (κ3) is 3.09. The number of ether oxygens (including phenoxy) is 1. The van der Waals surface area contributed by atoms with Crippen LogP contribution in [0.1, 0.15) is 21.5 Å². The van der Waals surface area contributed by atoms with Gasteiger partial charge in [-0.25, -0.2) is 0 Å². The van der Waals surface area contributed by atoms with Crippen molar-refractivity contribution in [3.05, 3.63) is 53.1 Å². The molecular weight excluding hydrogens is 252 g/mol. The lowest BCUT2D eigenvalue weighted by Crippen LogP contribution is -2.17. The van der Waals surface area contributed by atoms with E-state index in [1.54, 1.807) is 25.2 Å². The molecule has 4 heteroatoms. The maximum Gasteiger partial charge on any atom is 0.251 e. The maximum atomic E-state index is 11.5. The van der Waals surface area contributed by atoms with E-state index in [0.29, 0.717) is 17.0 Å². The number of benzene rings is 2. The lowest BCUT2D eigenvalue weighted by atomic mass is 10.1. The van der Waals surface area contributed by atoms with Crippen LogP contribution in [0.25, 0.3) is 0 Å². The monoisotopic (exact) mass is 270 g/mol. The smallest absolute Gasteiger partial charge is 0.251 e. The molecule has 4 nitrogen and oxygen atoms in total. The minimum atomic E-state index is -0.172. The SMILES string of the molecule is CNC(=O)c1ccc(Oc2cc(C)cc(C)c2)c(N)c1. The number of amides is 1. The molecule has 2 rings (SSSR count). The largest absolute Gasteiger partial charge is 0.455 e. The van der Waals surface area contributed by atoms with Gasteiger partial charge in [0.25, 0.3) is 5.91 Å². The Kier molecular flexibility index (Phi) is 3.94. The highest BCUT2D eigenvalue weighted by molar-refractivity contribution is 5.95. The third-order valence-electron chi connectivity index (χ3n) is 2.92. The van der Waals surface area contributed by atoms with E-state index in [-0.39, 0.29) is 5.91 Å². The molecule has 1 amide bonds. The standard InChI is InChI=1S/C16H18N2O2/c1-10-6-11(2)8-13(7-10)20-15-5-4-12(9-14(15)17)16(19)18-3/h4-9H,17H2,1-3H3,(H,18,19). The van der Waals surface area contributed by atoms with Crippen molar-refractivity contribution >= 4 is 11.6 Å². The van der Waals surface area contributed by atoms with Gasteiger partial charge in [0.05, 0.1) is 5.69 Å². The molecular formula is C16H18N2O2. The Bertz CT molecular complexity index is 631. The van der Waals surface area contributed by atoms with Crippen molar-refractivity contribution in [2.75, 3.05) is 12.8 Å². The van der Waals surface area contributed by atoms with Gasteiger partial charge >= 0.3 is 0 Å². The van der Waals surface area contributed by atoms with Gasteiger partial charge in [-0.05, 0) is 55.3 Å². The van der Waals surface area contributed by atoms with Crippen molar-refractivity contribution in [3.63, 3.8) is 0 Å². The van der Waals surface area contributed by atoms with Crippen molar-refractivity contribution in [2.45, 2.75) is 13.8 Å². The molecule has 0 saturated carbocycles. The van der Waals surface area contributed by atoms with Gasteiger partial charge < -0.3 is 15.8 Å². The number of carbonyl (C=O) groups excluding carboxylic acids is 1. The minimum absolute atomic E-state index is 0.172. The Morgan fingerprint density at radius 2 is 1.75 bits per heavy atom. The molecule has 3 N–H and O–H groups in total. The second kappa shape index (κ2) is 5.65. The number of hydrogen-bond donors (Lipinski definition) is 2. The molecule has 0 unspecified atom stereocenters. The van der Waals surface area contributed by atoms with Gasteiger partial charge in [0.1, 0.15) is 11.5 Å². The maximum absolute atomic E-state index is 11.5. The predicted molar refractivity (Wildman–Crippen MR) is 80.2 cm³/mol. The highest BCUT2D eigenvalue weighted by Crippen LogP contribution is 2.29. The lowest BCUT2D eigenvalue weighted by Gasteiger charge is -2.11. The van der Waals surface area contributed by atoms with Crippen LogP contribution < -0.4 is 15.8 Å². The summed E-state index contributed by atoms with van der Waals surface area (Å²) in [6.07, 6.45) is 0. The van der Waals surface area contributed by atoms with E-state index in [1.807, 2.05) is 26.0 Å². The van der Waals surface area contributed by atoms with E-state index in [9.17, 15) is 4.79 Å². The third-order valence-corrected chi connectivity index (χ3v) is 2.92. The molecule has 0 atom stereocenters. The molecule has 0 aromatic heterocycles. The fourth-order valence-electron chi connectivity index (χ4n) is 2.05. The second-order valence-corrected chi connectivity index (χ2v) is 4.76. The van der Waals surface area contributed by atoms with E-state index in [4.69, 9.17) is 10.5 Å². The molecule has 104 valence electrons.